The molecule has 0 radical (unpaired) electrons. The maximum absolute atomic E-state index is 12.6. The minimum Gasteiger partial charge on any atom is -0.314 e. The smallest absolute Gasteiger partial charge is 0.257 e. The summed E-state index contributed by atoms with van der Waals surface area (Å²) in [6.07, 6.45) is 4.16. The van der Waals surface area contributed by atoms with Gasteiger partial charge in [0, 0.05) is 13.0 Å². The Morgan fingerprint density at radius 2 is 2.12 bits per heavy atom. The number of alkyl halides is 2. The highest BCUT2D eigenvalue weighted by Gasteiger charge is 2.21. The van der Waals surface area contributed by atoms with Crippen molar-refractivity contribution in [2.24, 2.45) is 0 Å². The molecule has 132 valence electrons. The fraction of sp³-hybridized carbons (Fsp3) is 0.733. The molecule has 2 aromatic rings. The standard InChI is InChI=1S/C15H23F2N7/c1-2-11(15-22-21-13-6-4-3-5-7-23(13)15)18-8-14-19-10-20-24(14)9-12(16)17/h10-12,18H,2-9H2,1H3. The summed E-state index contributed by atoms with van der Waals surface area (Å²) >= 11 is 0. The number of aryl methyl sites for hydroxylation is 1. The highest BCUT2D eigenvalue weighted by atomic mass is 19.3. The van der Waals surface area contributed by atoms with Gasteiger partial charge in [0.1, 0.15) is 30.3 Å². The second-order valence-electron chi connectivity index (χ2n) is 6.03. The maximum atomic E-state index is 12.6. The van der Waals surface area contributed by atoms with E-state index in [9.17, 15) is 8.78 Å². The van der Waals surface area contributed by atoms with Crippen LogP contribution in [-0.2, 0) is 26.1 Å². The minimum atomic E-state index is -2.44. The molecule has 1 atom stereocenters. The fourth-order valence-electron chi connectivity index (χ4n) is 3.11. The molecule has 3 heterocycles. The molecule has 9 heteroatoms. The molecule has 0 aromatic carbocycles. The first-order chi connectivity index (χ1) is 11.7. The summed E-state index contributed by atoms with van der Waals surface area (Å²) in [6, 6.07) is 0.0149. The summed E-state index contributed by atoms with van der Waals surface area (Å²) in [5, 5.41) is 15.9. The Labute approximate surface area is 139 Å². The first-order valence-corrected chi connectivity index (χ1v) is 8.49. The lowest BCUT2D eigenvalue weighted by atomic mass is 10.2. The third-order valence-electron chi connectivity index (χ3n) is 4.37. The lowest BCUT2D eigenvalue weighted by molar-refractivity contribution is 0.120. The van der Waals surface area contributed by atoms with Gasteiger partial charge in [-0.25, -0.2) is 18.4 Å². The summed E-state index contributed by atoms with van der Waals surface area (Å²) in [4.78, 5) is 4.07. The Morgan fingerprint density at radius 1 is 1.25 bits per heavy atom. The van der Waals surface area contributed by atoms with E-state index in [1.54, 1.807) is 0 Å². The van der Waals surface area contributed by atoms with Gasteiger partial charge in [-0.05, 0) is 19.3 Å². The van der Waals surface area contributed by atoms with Crippen molar-refractivity contribution in [2.75, 3.05) is 0 Å². The molecule has 1 unspecified atom stereocenters. The van der Waals surface area contributed by atoms with Gasteiger partial charge in [0.25, 0.3) is 6.43 Å². The van der Waals surface area contributed by atoms with Crippen LogP contribution in [0.2, 0.25) is 0 Å². The number of fused-ring (bicyclic) bond motifs is 1. The van der Waals surface area contributed by atoms with Gasteiger partial charge in [-0.3, -0.25) is 0 Å². The number of halogens is 2. The number of rotatable bonds is 7. The van der Waals surface area contributed by atoms with Gasteiger partial charge in [0.05, 0.1) is 12.6 Å². The molecule has 0 saturated carbocycles. The van der Waals surface area contributed by atoms with Gasteiger partial charge in [-0.1, -0.05) is 13.3 Å². The van der Waals surface area contributed by atoms with Crippen molar-refractivity contribution in [3.05, 3.63) is 23.8 Å². The van der Waals surface area contributed by atoms with Crippen LogP contribution in [0.4, 0.5) is 8.78 Å². The lowest BCUT2D eigenvalue weighted by Gasteiger charge is -2.18. The molecule has 2 aromatic heterocycles. The average Bonchev–Trinajstić information content (AvgIpc) is 3.08. The van der Waals surface area contributed by atoms with Crippen LogP contribution in [0.3, 0.4) is 0 Å². The van der Waals surface area contributed by atoms with Crippen molar-refractivity contribution in [3.8, 4) is 0 Å². The Balaban J connectivity index is 1.70. The topological polar surface area (TPSA) is 73.5 Å². The molecule has 0 spiro atoms. The number of hydrogen-bond acceptors (Lipinski definition) is 5. The third-order valence-corrected chi connectivity index (χ3v) is 4.37. The van der Waals surface area contributed by atoms with E-state index in [0.29, 0.717) is 12.4 Å². The van der Waals surface area contributed by atoms with E-state index in [2.05, 4.69) is 37.1 Å². The van der Waals surface area contributed by atoms with Crippen LogP contribution in [0, 0.1) is 0 Å². The largest absolute Gasteiger partial charge is 0.314 e. The molecule has 3 rings (SSSR count). The first kappa shape index (κ1) is 16.9. The van der Waals surface area contributed by atoms with Gasteiger partial charge in [-0.2, -0.15) is 5.10 Å². The molecule has 0 amide bonds. The summed E-state index contributed by atoms with van der Waals surface area (Å²) in [6.45, 7) is 2.94. The molecule has 1 N–H and O–H groups in total. The SMILES string of the molecule is CCC(NCc1ncnn1CC(F)F)c1nnc2n1CCCCC2. The van der Waals surface area contributed by atoms with Crippen molar-refractivity contribution in [1.29, 1.82) is 0 Å². The van der Waals surface area contributed by atoms with Crippen molar-refractivity contribution < 1.29 is 8.78 Å². The Hall–Kier alpha value is -1.90. The van der Waals surface area contributed by atoms with E-state index >= 15 is 0 Å². The quantitative estimate of drug-likeness (QED) is 0.836. The van der Waals surface area contributed by atoms with Gasteiger partial charge >= 0.3 is 0 Å². The van der Waals surface area contributed by atoms with Crippen LogP contribution >= 0.6 is 0 Å². The summed E-state index contributed by atoms with van der Waals surface area (Å²) < 4.78 is 28.6. The van der Waals surface area contributed by atoms with Gasteiger partial charge < -0.3 is 9.88 Å². The second-order valence-corrected chi connectivity index (χ2v) is 6.03. The van der Waals surface area contributed by atoms with Gasteiger partial charge in [-0.15, -0.1) is 10.2 Å². The van der Waals surface area contributed by atoms with Crippen LogP contribution in [-0.4, -0.2) is 36.0 Å². The van der Waals surface area contributed by atoms with Crippen LogP contribution in [0.15, 0.2) is 6.33 Å². The maximum Gasteiger partial charge on any atom is 0.257 e. The molecule has 24 heavy (non-hydrogen) atoms. The number of hydrogen-bond donors (Lipinski definition) is 1. The van der Waals surface area contributed by atoms with E-state index in [-0.39, 0.29) is 6.04 Å². The molecule has 7 nitrogen and oxygen atoms in total. The monoisotopic (exact) mass is 339 g/mol. The number of nitrogens with one attached hydrogen (secondary N) is 1. The van der Waals surface area contributed by atoms with Crippen LogP contribution < -0.4 is 5.32 Å². The zero-order valence-electron chi connectivity index (χ0n) is 13.8. The van der Waals surface area contributed by atoms with E-state index in [1.807, 2.05) is 0 Å². The van der Waals surface area contributed by atoms with Crippen molar-refractivity contribution in [2.45, 2.75) is 71.1 Å². The van der Waals surface area contributed by atoms with Crippen molar-refractivity contribution in [1.82, 2.24) is 34.8 Å². The minimum absolute atomic E-state index is 0.0149. The highest BCUT2D eigenvalue weighted by molar-refractivity contribution is 5.03. The van der Waals surface area contributed by atoms with E-state index in [0.717, 1.165) is 43.9 Å². The van der Waals surface area contributed by atoms with Crippen molar-refractivity contribution in [3.63, 3.8) is 0 Å². The van der Waals surface area contributed by atoms with Gasteiger partial charge in [0.2, 0.25) is 0 Å². The predicted molar refractivity (Wildman–Crippen MR) is 83.5 cm³/mol. The summed E-state index contributed by atoms with van der Waals surface area (Å²) in [7, 11) is 0. The second kappa shape index (κ2) is 7.78. The summed E-state index contributed by atoms with van der Waals surface area (Å²) in [5.74, 6) is 2.47. The number of nitrogens with zero attached hydrogens (tertiary/aromatic N) is 6. The van der Waals surface area contributed by atoms with Gasteiger partial charge in [0.15, 0.2) is 0 Å². The zero-order valence-corrected chi connectivity index (χ0v) is 13.8. The first-order valence-electron chi connectivity index (χ1n) is 8.49. The average molecular weight is 339 g/mol. The zero-order chi connectivity index (χ0) is 16.9. The molecule has 0 aliphatic carbocycles. The third kappa shape index (κ3) is 3.77. The Bertz CT molecular complexity index is 652. The molecular weight excluding hydrogens is 316 g/mol. The normalized spacial score (nSPS) is 16.2. The molecular formula is C15H23F2N7. The summed E-state index contributed by atoms with van der Waals surface area (Å²) in [5.41, 5.74) is 0. The van der Waals surface area contributed by atoms with Crippen LogP contribution in [0.5, 0.6) is 0 Å². The fourth-order valence-corrected chi connectivity index (χ4v) is 3.11. The molecule has 1 aliphatic heterocycles. The lowest BCUT2D eigenvalue weighted by Crippen LogP contribution is -2.26. The Kier molecular flexibility index (Phi) is 5.49. The van der Waals surface area contributed by atoms with Crippen molar-refractivity contribution >= 4 is 0 Å². The molecule has 0 fully saturated rings. The van der Waals surface area contributed by atoms with Crippen LogP contribution in [0.25, 0.3) is 0 Å². The Morgan fingerprint density at radius 3 is 2.92 bits per heavy atom. The highest BCUT2D eigenvalue weighted by Crippen LogP contribution is 2.21. The molecule has 0 saturated heterocycles. The molecule has 0 bridgehead atoms. The van der Waals surface area contributed by atoms with Crippen LogP contribution in [0.1, 0.15) is 56.1 Å². The number of aromatic nitrogens is 6. The van der Waals surface area contributed by atoms with E-state index in [4.69, 9.17) is 0 Å². The van der Waals surface area contributed by atoms with E-state index in [1.165, 1.54) is 17.4 Å². The predicted octanol–water partition coefficient (Wildman–Crippen LogP) is 2.10. The van der Waals surface area contributed by atoms with E-state index < -0.39 is 13.0 Å². The molecule has 1 aliphatic rings.